The molecular formula is C18H28F3N5O2. The Balaban J connectivity index is 2.56. The number of alkyl halides is 3. The number of aromatic nitrogens is 1. The van der Waals surface area contributed by atoms with Crippen LogP contribution in [0.1, 0.15) is 33.3 Å². The standard InChI is InChI=1S/C18H28F3N5O2/c1-6-22-16(26(5)12-14(27)25-17(2,3)4)23-9-10-28-15-8-7-13(11-24-15)18(19,20)21/h7-8,11H,6,9-10,12H2,1-5H3,(H,22,23)(H,25,27). The number of halogens is 3. The number of rotatable bonds is 7. The van der Waals surface area contributed by atoms with Crippen LogP contribution >= 0.6 is 0 Å². The summed E-state index contributed by atoms with van der Waals surface area (Å²) in [4.78, 5) is 21.7. The summed E-state index contributed by atoms with van der Waals surface area (Å²) in [7, 11) is 1.74. The number of amides is 1. The zero-order chi connectivity index (χ0) is 21.4. The highest BCUT2D eigenvalue weighted by Crippen LogP contribution is 2.29. The minimum atomic E-state index is -4.43. The van der Waals surface area contributed by atoms with Gasteiger partial charge in [0.05, 0.1) is 18.7 Å². The van der Waals surface area contributed by atoms with E-state index in [9.17, 15) is 18.0 Å². The number of guanidine groups is 1. The first-order valence-electron chi connectivity index (χ1n) is 8.89. The molecule has 0 aromatic carbocycles. The molecule has 2 N–H and O–H groups in total. The van der Waals surface area contributed by atoms with Crippen molar-refractivity contribution in [2.45, 2.75) is 39.4 Å². The number of aliphatic imine (C=N–C) groups is 1. The first-order valence-corrected chi connectivity index (χ1v) is 8.89. The second kappa shape index (κ2) is 10.1. The van der Waals surface area contributed by atoms with Crippen molar-refractivity contribution >= 4 is 11.9 Å². The fourth-order valence-electron chi connectivity index (χ4n) is 2.15. The van der Waals surface area contributed by atoms with Gasteiger partial charge in [0.1, 0.15) is 6.61 Å². The van der Waals surface area contributed by atoms with Crippen LogP contribution in [0, 0.1) is 0 Å². The van der Waals surface area contributed by atoms with E-state index in [1.54, 1.807) is 11.9 Å². The molecule has 1 rings (SSSR count). The Bertz CT molecular complexity index is 655. The molecule has 0 unspecified atom stereocenters. The molecule has 7 nitrogen and oxygen atoms in total. The predicted octanol–water partition coefficient (Wildman–Crippen LogP) is 2.29. The van der Waals surface area contributed by atoms with Gasteiger partial charge in [-0.1, -0.05) is 0 Å². The molecule has 1 amide bonds. The van der Waals surface area contributed by atoms with Crippen LogP contribution in [0.15, 0.2) is 23.3 Å². The first kappa shape index (κ1) is 23.5. The SMILES string of the molecule is CCNC(=NCCOc1ccc(C(F)(F)F)cn1)N(C)CC(=O)NC(C)(C)C. The normalized spacial score (nSPS) is 12.5. The van der Waals surface area contributed by atoms with Gasteiger partial charge in [0.2, 0.25) is 11.8 Å². The third-order valence-corrected chi connectivity index (χ3v) is 3.26. The van der Waals surface area contributed by atoms with Gasteiger partial charge in [-0.15, -0.1) is 0 Å². The molecule has 158 valence electrons. The number of carbonyl (C=O) groups is 1. The summed E-state index contributed by atoms with van der Waals surface area (Å²) in [5.41, 5.74) is -1.15. The largest absolute Gasteiger partial charge is 0.476 e. The smallest absolute Gasteiger partial charge is 0.417 e. The van der Waals surface area contributed by atoms with Gasteiger partial charge in [-0.25, -0.2) is 9.98 Å². The van der Waals surface area contributed by atoms with E-state index in [0.717, 1.165) is 12.3 Å². The quantitative estimate of drug-likeness (QED) is 0.415. The average molecular weight is 403 g/mol. The van der Waals surface area contributed by atoms with Gasteiger partial charge in [0.15, 0.2) is 5.96 Å². The highest BCUT2D eigenvalue weighted by molar-refractivity contribution is 5.86. The molecule has 0 fully saturated rings. The van der Waals surface area contributed by atoms with Crippen LogP contribution in [0.5, 0.6) is 5.88 Å². The van der Waals surface area contributed by atoms with E-state index in [1.807, 2.05) is 27.7 Å². The van der Waals surface area contributed by atoms with Crippen molar-refractivity contribution in [1.82, 2.24) is 20.5 Å². The molecule has 28 heavy (non-hydrogen) atoms. The minimum absolute atomic E-state index is 0.0890. The van der Waals surface area contributed by atoms with Crippen molar-refractivity contribution in [3.05, 3.63) is 23.9 Å². The molecule has 1 aromatic heterocycles. The lowest BCUT2D eigenvalue weighted by molar-refractivity contribution is -0.137. The predicted molar refractivity (Wildman–Crippen MR) is 101 cm³/mol. The highest BCUT2D eigenvalue weighted by atomic mass is 19.4. The Morgan fingerprint density at radius 1 is 1.29 bits per heavy atom. The maximum absolute atomic E-state index is 12.5. The van der Waals surface area contributed by atoms with Gasteiger partial charge in [0.25, 0.3) is 0 Å². The molecule has 0 saturated carbocycles. The third kappa shape index (κ3) is 8.92. The van der Waals surface area contributed by atoms with Crippen LogP contribution in [-0.4, -0.2) is 60.6 Å². The summed E-state index contributed by atoms with van der Waals surface area (Å²) in [6, 6.07) is 2.08. The van der Waals surface area contributed by atoms with E-state index in [4.69, 9.17) is 4.74 Å². The molecule has 0 aliphatic rings. The second-order valence-corrected chi connectivity index (χ2v) is 7.12. The summed E-state index contributed by atoms with van der Waals surface area (Å²) >= 11 is 0. The summed E-state index contributed by atoms with van der Waals surface area (Å²) in [5.74, 6) is 0.479. The lowest BCUT2D eigenvalue weighted by Crippen LogP contribution is -2.48. The zero-order valence-corrected chi connectivity index (χ0v) is 16.9. The summed E-state index contributed by atoms with van der Waals surface area (Å²) < 4.78 is 42.8. The fourth-order valence-corrected chi connectivity index (χ4v) is 2.15. The molecule has 0 aliphatic heterocycles. The van der Waals surface area contributed by atoms with E-state index < -0.39 is 11.7 Å². The second-order valence-electron chi connectivity index (χ2n) is 7.12. The lowest BCUT2D eigenvalue weighted by Gasteiger charge is -2.25. The summed E-state index contributed by atoms with van der Waals surface area (Å²) in [5, 5.41) is 5.95. The number of likely N-dealkylation sites (N-methyl/N-ethyl adjacent to an activating group) is 1. The molecule has 1 aromatic rings. The van der Waals surface area contributed by atoms with Crippen LogP contribution in [0.3, 0.4) is 0 Å². The molecule has 0 bridgehead atoms. The van der Waals surface area contributed by atoms with Gasteiger partial charge in [-0.05, 0) is 33.8 Å². The molecule has 0 saturated heterocycles. The minimum Gasteiger partial charge on any atom is -0.476 e. The number of hydrogen-bond acceptors (Lipinski definition) is 4. The van der Waals surface area contributed by atoms with Crippen molar-refractivity contribution in [1.29, 1.82) is 0 Å². The zero-order valence-electron chi connectivity index (χ0n) is 16.9. The number of hydrogen-bond donors (Lipinski definition) is 2. The number of ether oxygens (including phenoxy) is 1. The fraction of sp³-hybridized carbons (Fsp3) is 0.611. The van der Waals surface area contributed by atoms with Crippen molar-refractivity contribution < 1.29 is 22.7 Å². The molecule has 1 heterocycles. The summed E-state index contributed by atoms with van der Waals surface area (Å²) in [6.45, 7) is 8.73. The van der Waals surface area contributed by atoms with E-state index in [1.165, 1.54) is 6.07 Å². The topological polar surface area (TPSA) is 78.9 Å². The van der Waals surface area contributed by atoms with Gasteiger partial charge in [-0.2, -0.15) is 13.2 Å². The maximum Gasteiger partial charge on any atom is 0.417 e. The number of nitrogens with zero attached hydrogens (tertiary/aromatic N) is 3. The Labute approximate surface area is 163 Å². The Kier molecular flexibility index (Phi) is 8.52. The molecule has 0 aliphatic carbocycles. The van der Waals surface area contributed by atoms with E-state index in [0.29, 0.717) is 12.5 Å². The highest BCUT2D eigenvalue weighted by Gasteiger charge is 2.30. The van der Waals surface area contributed by atoms with E-state index in [-0.39, 0.29) is 37.0 Å². The van der Waals surface area contributed by atoms with Crippen molar-refractivity contribution in [3.63, 3.8) is 0 Å². The van der Waals surface area contributed by atoms with Crippen LogP contribution < -0.4 is 15.4 Å². The van der Waals surface area contributed by atoms with Gasteiger partial charge >= 0.3 is 6.18 Å². The van der Waals surface area contributed by atoms with Crippen LogP contribution in [0.4, 0.5) is 13.2 Å². The van der Waals surface area contributed by atoms with Crippen LogP contribution in [0.2, 0.25) is 0 Å². The van der Waals surface area contributed by atoms with E-state index >= 15 is 0 Å². The number of carbonyl (C=O) groups excluding carboxylic acids is 1. The molecule has 0 radical (unpaired) electrons. The lowest BCUT2D eigenvalue weighted by atomic mass is 10.1. The third-order valence-electron chi connectivity index (χ3n) is 3.26. The Hall–Kier alpha value is -2.52. The van der Waals surface area contributed by atoms with E-state index in [2.05, 4.69) is 20.6 Å². The van der Waals surface area contributed by atoms with Crippen LogP contribution in [-0.2, 0) is 11.0 Å². The van der Waals surface area contributed by atoms with Crippen LogP contribution in [0.25, 0.3) is 0 Å². The van der Waals surface area contributed by atoms with Crippen molar-refractivity contribution in [2.75, 3.05) is 33.3 Å². The van der Waals surface area contributed by atoms with Gasteiger partial charge in [0, 0.05) is 31.4 Å². The van der Waals surface area contributed by atoms with Crippen molar-refractivity contribution in [2.24, 2.45) is 4.99 Å². The Morgan fingerprint density at radius 2 is 1.96 bits per heavy atom. The monoisotopic (exact) mass is 403 g/mol. The molecular weight excluding hydrogens is 375 g/mol. The molecule has 10 heteroatoms. The maximum atomic E-state index is 12.5. The van der Waals surface area contributed by atoms with Gasteiger partial charge in [-0.3, -0.25) is 4.79 Å². The van der Waals surface area contributed by atoms with Crippen molar-refractivity contribution in [3.8, 4) is 5.88 Å². The first-order chi connectivity index (χ1) is 12.9. The van der Waals surface area contributed by atoms with Gasteiger partial charge < -0.3 is 20.3 Å². The molecule has 0 spiro atoms. The number of nitrogens with one attached hydrogen (secondary N) is 2. The molecule has 0 atom stereocenters. The Morgan fingerprint density at radius 3 is 2.46 bits per heavy atom. The number of pyridine rings is 1. The average Bonchev–Trinajstić information content (AvgIpc) is 2.55. The summed E-state index contributed by atoms with van der Waals surface area (Å²) in [6.07, 6.45) is -3.70.